The molecule has 1 fully saturated rings. The molecule has 1 aromatic carbocycles. The zero-order chi connectivity index (χ0) is 13.5. The van der Waals surface area contributed by atoms with Gasteiger partial charge in [0.25, 0.3) is 0 Å². The van der Waals surface area contributed by atoms with Crippen LogP contribution in [0.1, 0.15) is 5.69 Å². The van der Waals surface area contributed by atoms with Gasteiger partial charge >= 0.3 is 0 Å². The van der Waals surface area contributed by atoms with E-state index in [2.05, 4.69) is 48.2 Å². The highest BCUT2D eigenvalue weighted by atomic mass is 16.5. The topological polar surface area (TPSA) is 29.8 Å². The lowest BCUT2D eigenvalue weighted by Gasteiger charge is -2.28. The molecule has 102 valence electrons. The van der Waals surface area contributed by atoms with E-state index in [9.17, 15) is 0 Å². The first-order valence-electron chi connectivity index (χ1n) is 7.04. The van der Waals surface area contributed by atoms with Crippen LogP contribution in [-0.4, -0.2) is 35.9 Å². The summed E-state index contributed by atoms with van der Waals surface area (Å²) in [4.78, 5) is 2.32. The molecule has 20 heavy (non-hydrogen) atoms. The van der Waals surface area contributed by atoms with Crippen molar-refractivity contribution in [2.45, 2.75) is 6.92 Å². The average molecular weight is 267 g/mol. The zero-order valence-electron chi connectivity index (χ0n) is 11.5. The first-order chi connectivity index (χ1) is 9.84. The summed E-state index contributed by atoms with van der Waals surface area (Å²) < 4.78 is 7.50. The molecule has 0 bridgehead atoms. The number of fused-ring (bicyclic) bond motifs is 3. The van der Waals surface area contributed by atoms with Crippen molar-refractivity contribution in [3.63, 3.8) is 0 Å². The number of rotatable bonds is 1. The highest BCUT2D eigenvalue weighted by Crippen LogP contribution is 2.29. The predicted octanol–water partition coefficient (Wildman–Crippen LogP) is 2.63. The molecule has 4 heteroatoms. The number of ether oxygens (including phenoxy) is 1. The van der Waals surface area contributed by atoms with Crippen LogP contribution < -0.4 is 4.90 Å². The van der Waals surface area contributed by atoms with Crippen LogP contribution in [0.25, 0.3) is 16.3 Å². The minimum atomic E-state index is 0.776. The average Bonchev–Trinajstić information content (AvgIpc) is 2.89. The van der Waals surface area contributed by atoms with E-state index >= 15 is 0 Å². The van der Waals surface area contributed by atoms with Crippen LogP contribution in [0.5, 0.6) is 0 Å². The van der Waals surface area contributed by atoms with E-state index in [1.54, 1.807) is 0 Å². The van der Waals surface area contributed by atoms with Crippen molar-refractivity contribution < 1.29 is 4.74 Å². The Morgan fingerprint density at radius 1 is 1.00 bits per heavy atom. The van der Waals surface area contributed by atoms with Crippen molar-refractivity contribution >= 4 is 22.1 Å². The van der Waals surface area contributed by atoms with Crippen LogP contribution in [0.4, 0.5) is 5.82 Å². The van der Waals surface area contributed by atoms with E-state index in [1.165, 1.54) is 22.0 Å². The normalized spacial score (nSPS) is 16.1. The molecule has 0 unspecified atom stereocenters. The van der Waals surface area contributed by atoms with E-state index in [0.717, 1.165) is 32.1 Å². The molecular weight excluding hydrogens is 250 g/mol. The van der Waals surface area contributed by atoms with Gasteiger partial charge in [-0.25, -0.2) is 4.52 Å². The molecule has 0 aliphatic carbocycles. The Kier molecular flexibility index (Phi) is 2.63. The zero-order valence-corrected chi connectivity index (χ0v) is 11.5. The summed E-state index contributed by atoms with van der Waals surface area (Å²) in [5.41, 5.74) is 2.34. The molecule has 1 aliphatic rings. The molecule has 1 aliphatic heterocycles. The second-order valence-corrected chi connectivity index (χ2v) is 5.24. The van der Waals surface area contributed by atoms with Crippen molar-refractivity contribution in [1.82, 2.24) is 9.61 Å². The first kappa shape index (κ1) is 11.7. The number of hydrogen-bond acceptors (Lipinski definition) is 3. The van der Waals surface area contributed by atoms with E-state index in [-0.39, 0.29) is 0 Å². The van der Waals surface area contributed by atoms with Gasteiger partial charge in [-0.15, -0.1) is 5.10 Å². The number of benzene rings is 1. The van der Waals surface area contributed by atoms with E-state index in [0.29, 0.717) is 0 Å². The quantitative estimate of drug-likeness (QED) is 0.679. The maximum absolute atomic E-state index is 5.45. The SMILES string of the molecule is Cc1ccc2c3ccccc3c(N3CCOCC3)nn12. The monoisotopic (exact) mass is 267 g/mol. The molecular formula is C16H17N3O. The Hall–Kier alpha value is -2.07. The Bertz CT molecular complexity index is 772. The third kappa shape index (κ3) is 1.68. The molecule has 0 spiro atoms. The second kappa shape index (κ2) is 4.49. The molecule has 0 atom stereocenters. The Morgan fingerprint density at radius 3 is 2.55 bits per heavy atom. The van der Waals surface area contributed by atoms with Crippen molar-refractivity contribution in [3.05, 3.63) is 42.1 Å². The van der Waals surface area contributed by atoms with Gasteiger partial charge in [-0.2, -0.15) is 0 Å². The van der Waals surface area contributed by atoms with Crippen LogP contribution in [-0.2, 0) is 4.74 Å². The number of morpholine rings is 1. The molecule has 1 saturated heterocycles. The molecule has 3 aromatic rings. The third-order valence-electron chi connectivity index (χ3n) is 3.99. The van der Waals surface area contributed by atoms with Gasteiger partial charge in [-0.1, -0.05) is 24.3 Å². The third-order valence-corrected chi connectivity index (χ3v) is 3.99. The Balaban J connectivity index is 2.03. The number of aryl methyl sites for hydroxylation is 1. The smallest absolute Gasteiger partial charge is 0.157 e. The summed E-state index contributed by atoms with van der Waals surface area (Å²) in [6.07, 6.45) is 0. The van der Waals surface area contributed by atoms with Gasteiger partial charge in [0.2, 0.25) is 0 Å². The molecule has 3 heterocycles. The van der Waals surface area contributed by atoms with Crippen molar-refractivity contribution in [1.29, 1.82) is 0 Å². The van der Waals surface area contributed by atoms with Gasteiger partial charge in [0.1, 0.15) is 0 Å². The van der Waals surface area contributed by atoms with Crippen LogP contribution in [0.15, 0.2) is 36.4 Å². The fourth-order valence-corrected chi connectivity index (χ4v) is 2.93. The number of nitrogens with zero attached hydrogens (tertiary/aromatic N) is 3. The van der Waals surface area contributed by atoms with E-state index in [1.807, 2.05) is 4.52 Å². The number of hydrogen-bond donors (Lipinski definition) is 0. The summed E-state index contributed by atoms with van der Waals surface area (Å²) in [7, 11) is 0. The molecule has 0 amide bonds. The van der Waals surface area contributed by atoms with Gasteiger partial charge in [0.05, 0.1) is 18.7 Å². The molecule has 4 nitrogen and oxygen atoms in total. The minimum Gasteiger partial charge on any atom is -0.378 e. The largest absolute Gasteiger partial charge is 0.378 e. The highest BCUT2D eigenvalue weighted by molar-refractivity contribution is 6.01. The van der Waals surface area contributed by atoms with E-state index in [4.69, 9.17) is 9.84 Å². The molecule has 0 saturated carbocycles. The summed E-state index contributed by atoms with van der Waals surface area (Å²) in [6.45, 7) is 5.46. The molecule has 4 rings (SSSR count). The lowest BCUT2D eigenvalue weighted by atomic mass is 10.1. The maximum Gasteiger partial charge on any atom is 0.157 e. The summed E-state index contributed by atoms with van der Waals surface area (Å²) >= 11 is 0. The Morgan fingerprint density at radius 2 is 1.75 bits per heavy atom. The minimum absolute atomic E-state index is 0.776. The standard InChI is InChI=1S/C16H17N3O/c1-12-6-7-15-13-4-2-3-5-14(13)16(17-19(12)15)18-8-10-20-11-9-18/h2-7H,8-11H2,1H3. The number of aromatic nitrogens is 2. The van der Waals surface area contributed by atoms with Crippen LogP contribution >= 0.6 is 0 Å². The van der Waals surface area contributed by atoms with Crippen LogP contribution in [0.2, 0.25) is 0 Å². The fraction of sp³-hybridized carbons (Fsp3) is 0.312. The predicted molar refractivity (Wildman–Crippen MR) is 80.5 cm³/mol. The Labute approximate surface area is 117 Å². The molecule has 0 radical (unpaired) electrons. The first-order valence-corrected chi connectivity index (χ1v) is 7.04. The van der Waals surface area contributed by atoms with Crippen LogP contribution in [0, 0.1) is 6.92 Å². The lowest BCUT2D eigenvalue weighted by molar-refractivity contribution is 0.122. The fourth-order valence-electron chi connectivity index (χ4n) is 2.93. The second-order valence-electron chi connectivity index (χ2n) is 5.24. The maximum atomic E-state index is 5.45. The van der Waals surface area contributed by atoms with Gasteiger partial charge in [-0.05, 0) is 19.1 Å². The summed E-state index contributed by atoms with van der Waals surface area (Å²) in [5, 5.41) is 7.36. The molecule has 2 aromatic heterocycles. The summed E-state index contributed by atoms with van der Waals surface area (Å²) in [6, 6.07) is 12.8. The van der Waals surface area contributed by atoms with Gasteiger partial charge in [0, 0.05) is 29.6 Å². The van der Waals surface area contributed by atoms with Crippen molar-refractivity contribution in [2.24, 2.45) is 0 Å². The highest BCUT2D eigenvalue weighted by Gasteiger charge is 2.17. The van der Waals surface area contributed by atoms with Gasteiger partial charge < -0.3 is 9.64 Å². The number of anilines is 1. The van der Waals surface area contributed by atoms with Gasteiger partial charge in [0.15, 0.2) is 5.82 Å². The lowest BCUT2D eigenvalue weighted by Crippen LogP contribution is -2.37. The van der Waals surface area contributed by atoms with Crippen molar-refractivity contribution in [2.75, 3.05) is 31.2 Å². The van der Waals surface area contributed by atoms with Crippen molar-refractivity contribution in [3.8, 4) is 0 Å². The van der Waals surface area contributed by atoms with Gasteiger partial charge in [-0.3, -0.25) is 0 Å². The van der Waals surface area contributed by atoms with Crippen LogP contribution in [0.3, 0.4) is 0 Å². The van der Waals surface area contributed by atoms with E-state index < -0.39 is 0 Å². The molecule has 0 N–H and O–H groups in total. The summed E-state index contributed by atoms with van der Waals surface area (Å²) in [5.74, 6) is 1.07.